The molecule has 164 valence electrons. The third-order valence-corrected chi connectivity index (χ3v) is 6.81. The zero-order valence-electron chi connectivity index (χ0n) is 17.1. The third-order valence-electron chi connectivity index (χ3n) is 4.61. The number of amides is 1. The first-order chi connectivity index (χ1) is 14.6. The predicted molar refractivity (Wildman–Crippen MR) is 120 cm³/mol. The molecule has 1 aliphatic carbocycles. The standard InChI is InChI=1S/C21H23N3O5S2/c1-21(2,26)12-22-14-5-8-16(9-6-14)31(27,28)29-15-7-10-17-18(11-15)30-20(23-17)24-19(25)13-3-4-13/h5-11,13,22,26H,3-4,12H2,1-2H3,(H,23,24,25). The number of hydrogen-bond acceptors (Lipinski definition) is 8. The second-order valence-electron chi connectivity index (χ2n) is 8.14. The molecule has 1 amide bonds. The Morgan fingerprint density at radius 3 is 2.58 bits per heavy atom. The Bertz CT molecular complexity index is 1210. The molecule has 0 unspecified atom stereocenters. The van der Waals surface area contributed by atoms with Crippen molar-refractivity contribution in [2.24, 2.45) is 5.92 Å². The zero-order valence-corrected chi connectivity index (χ0v) is 18.7. The molecule has 0 spiro atoms. The topological polar surface area (TPSA) is 118 Å². The summed E-state index contributed by atoms with van der Waals surface area (Å²) in [5.74, 6) is 0.215. The maximum atomic E-state index is 12.6. The lowest BCUT2D eigenvalue weighted by molar-refractivity contribution is -0.117. The van der Waals surface area contributed by atoms with E-state index in [2.05, 4.69) is 15.6 Å². The molecule has 4 rings (SSSR count). The summed E-state index contributed by atoms with van der Waals surface area (Å²) in [6.45, 7) is 3.68. The molecule has 2 aromatic carbocycles. The fourth-order valence-corrected chi connectivity index (χ4v) is 4.62. The monoisotopic (exact) mass is 461 g/mol. The molecular weight excluding hydrogens is 438 g/mol. The second-order valence-corrected chi connectivity index (χ2v) is 10.7. The van der Waals surface area contributed by atoms with Crippen LogP contribution in [0.15, 0.2) is 47.4 Å². The van der Waals surface area contributed by atoms with Gasteiger partial charge in [0.25, 0.3) is 0 Å². The van der Waals surface area contributed by atoms with Gasteiger partial charge < -0.3 is 19.9 Å². The van der Waals surface area contributed by atoms with Crippen LogP contribution in [0.5, 0.6) is 5.75 Å². The summed E-state index contributed by atoms with van der Waals surface area (Å²) in [6, 6.07) is 10.9. The van der Waals surface area contributed by atoms with Crippen LogP contribution >= 0.6 is 11.3 Å². The van der Waals surface area contributed by atoms with E-state index < -0.39 is 15.7 Å². The van der Waals surface area contributed by atoms with Crippen molar-refractivity contribution in [3.8, 4) is 5.75 Å². The predicted octanol–water partition coefficient (Wildman–Crippen LogP) is 3.60. The highest BCUT2D eigenvalue weighted by Gasteiger charge is 2.30. The fraction of sp³-hybridized carbons (Fsp3) is 0.333. The fourth-order valence-electron chi connectivity index (χ4n) is 2.80. The van der Waals surface area contributed by atoms with Crippen molar-refractivity contribution in [3.63, 3.8) is 0 Å². The first-order valence-electron chi connectivity index (χ1n) is 9.81. The highest BCUT2D eigenvalue weighted by atomic mass is 32.2. The molecule has 1 aromatic heterocycles. The maximum Gasteiger partial charge on any atom is 0.339 e. The first-order valence-corrected chi connectivity index (χ1v) is 12.0. The number of nitrogens with zero attached hydrogens (tertiary/aromatic N) is 1. The molecule has 10 heteroatoms. The lowest BCUT2D eigenvalue weighted by Crippen LogP contribution is -2.29. The number of thiazole rings is 1. The molecule has 0 bridgehead atoms. The smallest absolute Gasteiger partial charge is 0.339 e. The highest BCUT2D eigenvalue weighted by Crippen LogP contribution is 2.33. The molecule has 8 nitrogen and oxygen atoms in total. The van der Waals surface area contributed by atoms with Crippen LogP contribution in [0.3, 0.4) is 0 Å². The van der Waals surface area contributed by atoms with E-state index in [1.807, 2.05) is 0 Å². The second kappa shape index (κ2) is 8.10. The molecule has 0 radical (unpaired) electrons. The van der Waals surface area contributed by atoms with E-state index in [-0.39, 0.29) is 22.5 Å². The van der Waals surface area contributed by atoms with E-state index in [9.17, 15) is 18.3 Å². The van der Waals surface area contributed by atoms with E-state index in [0.717, 1.165) is 12.8 Å². The van der Waals surface area contributed by atoms with Crippen LogP contribution < -0.4 is 14.8 Å². The Morgan fingerprint density at radius 2 is 1.94 bits per heavy atom. The van der Waals surface area contributed by atoms with Gasteiger partial charge in [-0.2, -0.15) is 8.42 Å². The van der Waals surface area contributed by atoms with Gasteiger partial charge in [0.1, 0.15) is 10.6 Å². The molecule has 1 fully saturated rings. The Hall–Kier alpha value is -2.69. The lowest BCUT2D eigenvalue weighted by Gasteiger charge is -2.18. The number of fused-ring (bicyclic) bond motifs is 1. The van der Waals surface area contributed by atoms with E-state index in [1.54, 1.807) is 38.1 Å². The number of hydrogen-bond donors (Lipinski definition) is 3. The highest BCUT2D eigenvalue weighted by molar-refractivity contribution is 7.87. The van der Waals surface area contributed by atoms with Crippen LogP contribution in [0.4, 0.5) is 10.8 Å². The minimum atomic E-state index is -4.02. The Balaban J connectivity index is 1.46. The number of anilines is 2. The van der Waals surface area contributed by atoms with Gasteiger partial charge in [0.05, 0.1) is 15.8 Å². The molecule has 1 aliphatic rings. The van der Waals surface area contributed by atoms with Crippen LogP contribution in [-0.2, 0) is 14.9 Å². The normalized spacial score (nSPS) is 14.4. The van der Waals surface area contributed by atoms with Crippen molar-refractivity contribution < 1.29 is 22.5 Å². The Morgan fingerprint density at radius 1 is 1.23 bits per heavy atom. The van der Waals surface area contributed by atoms with Crippen LogP contribution in [0.25, 0.3) is 10.2 Å². The van der Waals surface area contributed by atoms with Gasteiger partial charge in [0.15, 0.2) is 5.13 Å². The summed E-state index contributed by atoms with van der Waals surface area (Å²) in [6.07, 6.45) is 1.81. The van der Waals surface area contributed by atoms with Gasteiger partial charge in [-0.15, -0.1) is 0 Å². The Labute approximate surface area is 184 Å². The van der Waals surface area contributed by atoms with Crippen molar-refractivity contribution >= 4 is 48.4 Å². The molecule has 3 N–H and O–H groups in total. The summed E-state index contributed by atoms with van der Waals surface area (Å²) < 4.78 is 31.3. The molecule has 31 heavy (non-hydrogen) atoms. The molecule has 0 saturated heterocycles. The van der Waals surface area contributed by atoms with Gasteiger partial charge >= 0.3 is 10.1 Å². The van der Waals surface area contributed by atoms with E-state index in [4.69, 9.17) is 4.18 Å². The van der Waals surface area contributed by atoms with Gasteiger partial charge in [-0.25, -0.2) is 4.98 Å². The van der Waals surface area contributed by atoms with Gasteiger partial charge in [-0.05, 0) is 63.1 Å². The van der Waals surface area contributed by atoms with Crippen molar-refractivity contribution in [2.75, 3.05) is 17.2 Å². The molecule has 3 aromatic rings. The van der Waals surface area contributed by atoms with Crippen molar-refractivity contribution in [1.29, 1.82) is 0 Å². The summed E-state index contributed by atoms with van der Waals surface area (Å²) in [7, 11) is -4.02. The summed E-state index contributed by atoms with van der Waals surface area (Å²) >= 11 is 1.27. The third kappa shape index (κ3) is 5.52. The van der Waals surface area contributed by atoms with Gasteiger partial charge in [0, 0.05) is 24.2 Å². The maximum absolute atomic E-state index is 12.6. The molecule has 1 saturated carbocycles. The molecule has 1 heterocycles. The number of rotatable bonds is 8. The van der Waals surface area contributed by atoms with E-state index in [1.165, 1.54) is 29.5 Å². The van der Waals surface area contributed by atoms with Gasteiger partial charge in [0.2, 0.25) is 5.91 Å². The number of benzene rings is 2. The van der Waals surface area contributed by atoms with Gasteiger partial charge in [-0.1, -0.05) is 11.3 Å². The Kier molecular flexibility index (Phi) is 5.63. The van der Waals surface area contributed by atoms with E-state index in [0.29, 0.717) is 27.6 Å². The van der Waals surface area contributed by atoms with Crippen molar-refractivity contribution in [3.05, 3.63) is 42.5 Å². The van der Waals surface area contributed by atoms with E-state index >= 15 is 0 Å². The van der Waals surface area contributed by atoms with Gasteiger partial charge in [-0.3, -0.25) is 4.79 Å². The minimum Gasteiger partial charge on any atom is -0.389 e. The SMILES string of the molecule is CC(C)(O)CNc1ccc(S(=O)(=O)Oc2ccc3nc(NC(=O)C4CC4)sc3c2)cc1. The lowest BCUT2D eigenvalue weighted by atomic mass is 10.1. The van der Waals surface area contributed by atoms with Crippen LogP contribution in [0.2, 0.25) is 0 Å². The van der Waals surface area contributed by atoms with Crippen LogP contribution in [0, 0.1) is 5.92 Å². The molecular formula is C21H23N3O5S2. The summed E-state index contributed by atoms with van der Waals surface area (Å²) in [5.41, 5.74) is 0.458. The van der Waals surface area contributed by atoms with Crippen molar-refractivity contribution in [1.82, 2.24) is 4.98 Å². The van der Waals surface area contributed by atoms with Crippen molar-refractivity contribution in [2.45, 2.75) is 37.2 Å². The number of nitrogens with one attached hydrogen (secondary N) is 2. The minimum absolute atomic E-state index is 0.0168. The largest absolute Gasteiger partial charge is 0.389 e. The van der Waals surface area contributed by atoms with Crippen LogP contribution in [-0.4, -0.2) is 36.6 Å². The summed E-state index contributed by atoms with van der Waals surface area (Å²) in [5, 5.41) is 16.1. The van der Waals surface area contributed by atoms with Crippen LogP contribution in [0.1, 0.15) is 26.7 Å². The average molecular weight is 462 g/mol. The molecule has 0 aliphatic heterocycles. The number of aliphatic hydroxyl groups is 1. The number of carbonyl (C=O) groups is 1. The average Bonchev–Trinajstić information content (AvgIpc) is 3.47. The summed E-state index contributed by atoms with van der Waals surface area (Å²) in [4.78, 5) is 16.3. The number of aromatic nitrogens is 1. The quantitative estimate of drug-likeness (QED) is 0.439. The molecule has 0 atom stereocenters. The first kappa shape index (κ1) is 21.5. The number of carbonyl (C=O) groups excluding carboxylic acids is 1. The zero-order chi connectivity index (χ0) is 22.2.